The fraction of sp³-hybridized carbons (Fsp3) is 0.400. The van der Waals surface area contributed by atoms with Crippen molar-refractivity contribution in [1.82, 2.24) is 15.2 Å². The van der Waals surface area contributed by atoms with Crippen molar-refractivity contribution in [2.45, 2.75) is 18.9 Å². The van der Waals surface area contributed by atoms with Gasteiger partial charge < -0.3 is 15.3 Å². The summed E-state index contributed by atoms with van der Waals surface area (Å²) in [5.74, 6) is -1.24. The molecular weight excluding hydrogens is 270 g/mol. The number of carbonyl (C=O) groups excluding carboxylic acids is 1. The van der Waals surface area contributed by atoms with Crippen LogP contribution in [0.4, 0.5) is 0 Å². The maximum absolute atomic E-state index is 12.3. The van der Waals surface area contributed by atoms with Crippen molar-refractivity contribution in [1.29, 1.82) is 0 Å². The van der Waals surface area contributed by atoms with Crippen LogP contribution in [0.3, 0.4) is 0 Å². The van der Waals surface area contributed by atoms with Crippen molar-refractivity contribution in [2.75, 3.05) is 20.1 Å². The van der Waals surface area contributed by atoms with Crippen LogP contribution in [0.25, 0.3) is 6.08 Å². The molecule has 1 aliphatic heterocycles. The molecule has 1 aromatic heterocycles. The number of rotatable bonds is 4. The first-order valence-corrected chi connectivity index (χ1v) is 6.90. The Morgan fingerprint density at radius 1 is 1.43 bits per heavy atom. The summed E-state index contributed by atoms with van der Waals surface area (Å²) in [6.07, 6.45) is 7.26. The maximum atomic E-state index is 12.3. The first kappa shape index (κ1) is 15.2. The Morgan fingerprint density at radius 2 is 2.14 bits per heavy atom. The average Bonchev–Trinajstić information content (AvgIpc) is 2.47. The van der Waals surface area contributed by atoms with E-state index in [1.807, 2.05) is 0 Å². The molecule has 21 heavy (non-hydrogen) atoms. The lowest BCUT2D eigenvalue weighted by atomic mass is 10.0. The lowest BCUT2D eigenvalue weighted by Crippen LogP contribution is -2.43. The number of piperidine rings is 1. The van der Waals surface area contributed by atoms with E-state index in [-0.39, 0.29) is 11.9 Å². The van der Waals surface area contributed by atoms with Gasteiger partial charge in [-0.3, -0.25) is 9.78 Å². The lowest BCUT2D eigenvalue weighted by Gasteiger charge is -2.29. The second-order valence-electron chi connectivity index (χ2n) is 5.19. The number of aromatic nitrogens is 1. The summed E-state index contributed by atoms with van der Waals surface area (Å²) in [5, 5.41) is 11.7. The molecule has 0 unspecified atom stereocenters. The highest BCUT2D eigenvalue weighted by Crippen LogP contribution is 2.12. The predicted molar refractivity (Wildman–Crippen MR) is 78.9 cm³/mol. The van der Waals surface area contributed by atoms with Gasteiger partial charge in [-0.05, 0) is 45.1 Å². The zero-order valence-corrected chi connectivity index (χ0v) is 12.0. The molecule has 2 N–H and O–H groups in total. The Hall–Kier alpha value is -2.21. The van der Waals surface area contributed by atoms with Crippen LogP contribution in [0.5, 0.6) is 0 Å². The molecule has 1 amide bonds. The number of pyridine rings is 1. The molecule has 0 radical (unpaired) electrons. The summed E-state index contributed by atoms with van der Waals surface area (Å²) in [7, 11) is 2.07. The molecule has 1 aliphatic rings. The molecule has 6 nitrogen and oxygen atoms in total. The number of nitrogens with one attached hydrogen (secondary N) is 1. The zero-order chi connectivity index (χ0) is 15.2. The van der Waals surface area contributed by atoms with Crippen LogP contribution >= 0.6 is 0 Å². The molecule has 2 heterocycles. The third kappa shape index (κ3) is 4.39. The van der Waals surface area contributed by atoms with Gasteiger partial charge in [-0.1, -0.05) is 0 Å². The molecular formula is C15H19N3O3. The molecule has 1 fully saturated rings. The molecule has 1 saturated heterocycles. The number of carboxylic acids is 1. The van der Waals surface area contributed by atoms with Crippen molar-refractivity contribution in [3.63, 3.8) is 0 Å². The molecule has 6 heteroatoms. The van der Waals surface area contributed by atoms with Gasteiger partial charge in [-0.25, -0.2) is 4.79 Å². The summed E-state index contributed by atoms with van der Waals surface area (Å²) < 4.78 is 0. The van der Waals surface area contributed by atoms with Gasteiger partial charge in [-0.2, -0.15) is 0 Å². The number of hydrogen-bond donors (Lipinski definition) is 2. The summed E-state index contributed by atoms with van der Waals surface area (Å²) in [4.78, 5) is 29.1. The van der Waals surface area contributed by atoms with Crippen molar-refractivity contribution in [3.8, 4) is 0 Å². The Morgan fingerprint density at radius 3 is 2.81 bits per heavy atom. The number of nitrogens with zero attached hydrogens (tertiary/aromatic N) is 2. The van der Waals surface area contributed by atoms with Gasteiger partial charge in [-0.15, -0.1) is 0 Å². The highest BCUT2D eigenvalue weighted by molar-refractivity contribution is 5.98. The third-order valence-corrected chi connectivity index (χ3v) is 3.56. The van der Waals surface area contributed by atoms with E-state index in [0.717, 1.165) is 32.0 Å². The minimum Gasteiger partial charge on any atom is -0.478 e. The minimum absolute atomic E-state index is 0.165. The predicted octanol–water partition coefficient (Wildman–Crippen LogP) is 1.00. The Bertz CT molecular complexity index is 549. The highest BCUT2D eigenvalue weighted by Gasteiger charge is 2.20. The largest absolute Gasteiger partial charge is 0.478 e. The number of carbonyl (C=O) groups is 2. The molecule has 0 aromatic carbocycles. The normalized spacial score (nSPS) is 17.0. The Balaban J connectivity index is 2.07. The molecule has 0 bridgehead atoms. The van der Waals surface area contributed by atoms with Crippen LogP contribution in [0, 0.1) is 0 Å². The van der Waals surface area contributed by atoms with Crippen LogP contribution in [0.2, 0.25) is 0 Å². The molecule has 112 valence electrons. The Labute approximate surface area is 123 Å². The standard InChI is InChI=1S/C15H19N3O3/c1-18-8-5-12(6-9-18)17-15(21)13-4-7-16-10-11(13)2-3-14(19)20/h2-4,7,10,12H,5-6,8-9H2,1H3,(H,17,21)(H,19,20). The second kappa shape index (κ2) is 6.99. The van der Waals surface area contributed by atoms with Crippen molar-refractivity contribution in [2.24, 2.45) is 0 Å². The second-order valence-corrected chi connectivity index (χ2v) is 5.19. The van der Waals surface area contributed by atoms with Gasteiger partial charge in [0.15, 0.2) is 0 Å². The number of likely N-dealkylation sites (tertiary alicyclic amines) is 1. The van der Waals surface area contributed by atoms with Gasteiger partial charge >= 0.3 is 5.97 Å². The molecule has 2 rings (SSSR count). The fourth-order valence-electron chi connectivity index (χ4n) is 2.32. The van der Waals surface area contributed by atoms with E-state index in [9.17, 15) is 9.59 Å². The number of carboxylic acid groups (broad SMARTS) is 1. The van der Waals surface area contributed by atoms with Crippen LogP contribution < -0.4 is 5.32 Å². The van der Waals surface area contributed by atoms with Crippen LogP contribution in [-0.4, -0.2) is 53.0 Å². The van der Waals surface area contributed by atoms with E-state index in [1.54, 1.807) is 6.07 Å². The molecule has 0 saturated carbocycles. The third-order valence-electron chi connectivity index (χ3n) is 3.56. The summed E-state index contributed by atoms with van der Waals surface area (Å²) in [6.45, 7) is 1.93. The van der Waals surface area contributed by atoms with Crippen LogP contribution in [0.1, 0.15) is 28.8 Å². The smallest absolute Gasteiger partial charge is 0.328 e. The van der Waals surface area contributed by atoms with Gasteiger partial charge in [0.2, 0.25) is 0 Å². The SMILES string of the molecule is CN1CCC(NC(=O)c2ccncc2C=CC(=O)O)CC1. The topological polar surface area (TPSA) is 82.5 Å². The van der Waals surface area contributed by atoms with E-state index >= 15 is 0 Å². The highest BCUT2D eigenvalue weighted by atomic mass is 16.4. The summed E-state index contributed by atoms with van der Waals surface area (Å²) >= 11 is 0. The van der Waals surface area contributed by atoms with Crippen molar-refractivity contribution < 1.29 is 14.7 Å². The molecule has 0 aliphatic carbocycles. The van der Waals surface area contributed by atoms with E-state index in [0.29, 0.717) is 11.1 Å². The monoisotopic (exact) mass is 289 g/mol. The van der Waals surface area contributed by atoms with Gasteiger partial charge in [0.05, 0.1) is 0 Å². The number of amides is 1. The van der Waals surface area contributed by atoms with Gasteiger partial charge in [0, 0.05) is 35.6 Å². The first-order chi connectivity index (χ1) is 10.1. The van der Waals surface area contributed by atoms with Gasteiger partial charge in [0.1, 0.15) is 0 Å². The number of aliphatic carboxylic acids is 1. The first-order valence-electron chi connectivity index (χ1n) is 6.90. The van der Waals surface area contributed by atoms with E-state index in [1.165, 1.54) is 18.5 Å². The summed E-state index contributed by atoms with van der Waals surface area (Å²) in [6, 6.07) is 1.77. The quantitative estimate of drug-likeness (QED) is 0.808. The van der Waals surface area contributed by atoms with Gasteiger partial charge in [0.25, 0.3) is 5.91 Å². The van der Waals surface area contributed by atoms with E-state index in [2.05, 4.69) is 22.2 Å². The fourth-order valence-corrected chi connectivity index (χ4v) is 2.32. The molecule has 0 atom stereocenters. The van der Waals surface area contributed by atoms with Crippen molar-refractivity contribution >= 4 is 18.0 Å². The van der Waals surface area contributed by atoms with Crippen molar-refractivity contribution in [3.05, 3.63) is 35.7 Å². The van der Waals surface area contributed by atoms with E-state index < -0.39 is 5.97 Å². The molecule has 1 aromatic rings. The molecule has 0 spiro atoms. The minimum atomic E-state index is -1.06. The lowest BCUT2D eigenvalue weighted by molar-refractivity contribution is -0.131. The van der Waals surface area contributed by atoms with Crippen LogP contribution in [0.15, 0.2) is 24.5 Å². The van der Waals surface area contributed by atoms with E-state index in [4.69, 9.17) is 5.11 Å². The Kier molecular flexibility index (Phi) is 5.05. The number of hydrogen-bond acceptors (Lipinski definition) is 4. The summed E-state index contributed by atoms with van der Waals surface area (Å²) in [5.41, 5.74) is 0.951. The maximum Gasteiger partial charge on any atom is 0.328 e. The van der Waals surface area contributed by atoms with Crippen LogP contribution in [-0.2, 0) is 4.79 Å². The average molecular weight is 289 g/mol. The zero-order valence-electron chi connectivity index (χ0n) is 12.0.